The monoisotopic (exact) mass is 334 g/mol. The van der Waals surface area contributed by atoms with E-state index in [9.17, 15) is 13.6 Å². The fourth-order valence-corrected chi connectivity index (χ4v) is 3.49. The van der Waals surface area contributed by atoms with Crippen LogP contribution in [0.5, 0.6) is 0 Å². The Kier molecular flexibility index (Phi) is 4.52. The second kappa shape index (κ2) is 6.58. The molecule has 1 amide bonds. The van der Waals surface area contributed by atoms with Crippen molar-refractivity contribution in [2.45, 2.75) is 26.2 Å². The number of hydrogen-bond acceptors (Lipinski definition) is 3. The predicted octanol–water partition coefficient (Wildman–Crippen LogP) is 4.69. The molecule has 1 aromatic heterocycles. The summed E-state index contributed by atoms with van der Waals surface area (Å²) >= 11 is 1.33. The second-order valence-corrected chi connectivity index (χ2v) is 6.77. The van der Waals surface area contributed by atoms with Crippen LogP contribution in [0.15, 0.2) is 30.4 Å². The number of anilines is 1. The summed E-state index contributed by atoms with van der Waals surface area (Å²) in [4.78, 5) is 17.2. The average molecular weight is 334 g/mol. The number of carbonyl (C=O) groups is 1. The number of nitrogens with one attached hydrogen (secondary N) is 1. The van der Waals surface area contributed by atoms with E-state index in [4.69, 9.17) is 0 Å². The molecule has 1 heterocycles. The highest BCUT2D eigenvalue weighted by molar-refractivity contribution is 7.16. The van der Waals surface area contributed by atoms with Gasteiger partial charge in [0, 0.05) is 16.9 Å². The lowest BCUT2D eigenvalue weighted by atomic mass is 10.1. The van der Waals surface area contributed by atoms with Gasteiger partial charge in [0.2, 0.25) is 5.91 Å². The second-order valence-electron chi connectivity index (χ2n) is 5.57. The summed E-state index contributed by atoms with van der Waals surface area (Å²) in [6, 6.07) is 3.68. The van der Waals surface area contributed by atoms with E-state index in [0.29, 0.717) is 28.7 Å². The van der Waals surface area contributed by atoms with Crippen molar-refractivity contribution in [2.24, 2.45) is 5.92 Å². The van der Waals surface area contributed by atoms with E-state index in [2.05, 4.69) is 22.5 Å². The Morgan fingerprint density at radius 3 is 2.91 bits per heavy atom. The van der Waals surface area contributed by atoms with E-state index in [1.54, 1.807) is 0 Å². The highest BCUT2D eigenvalue weighted by atomic mass is 32.1. The van der Waals surface area contributed by atoms with E-state index < -0.39 is 11.6 Å². The van der Waals surface area contributed by atoms with Crippen molar-refractivity contribution in [3.8, 4) is 11.3 Å². The molecular weight excluding hydrogens is 318 g/mol. The number of aryl methyl sites for hydroxylation is 1. The predicted molar refractivity (Wildman–Crippen MR) is 87.3 cm³/mol. The van der Waals surface area contributed by atoms with E-state index in [1.807, 2.05) is 6.92 Å². The van der Waals surface area contributed by atoms with Crippen molar-refractivity contribution < 1.29 is 13.6 Å². The maximum Gasteiger partial charge on any atom is 0.226 e. The zero-order chi connectivity index (χ0) is 16.4. The van der Waals surface area contributed by atoms with Crippen molar-refractivity contribution >= 4 is 22.4 Å². The molecule has 1 aliphatic rings. The highest BCUT2D eigenvalue weighted by Gasteiger charge is 2.17. The number of allylic oxidation sites excluding steroid dienone is 2. The smallest absolute Gasteiger partial charge is 0.226 e. The molecular formula is C17H16F2N2OS. The van der Waals surface area contributed by atoms with Gasteiger partial charge in [-0.15, -0.1) is 11.3 Å². The lowest BCUT2D eigenvalue weighted by molar-refractivity contribution is -0.116. The number of carbonyl (C=O) groups excluding carboxylic acids is 1. The molecule has 3 nitrogen and oxygen atoms in total. The molecule has 0 aliphatic heterocycles. The lowest BCUT2D eigenvalue weighted by Gasteiger charge is -2.06. The van der Waals surface area contributed by atoms with Gasteiger partial charge < -0.3 is 5.32 Å². The van der Waals surface area contributed by atoms with Crippen molar-refractivity contribution in [3.63, 3.8) is 0 Å². The lowest BCUT2D eigenvalue weighted by Crippen LogP contribution is -2.14. The van der Waals surface area contributed by atoms with E-state index >= 15 is 0 Å². The average Bonchev–Trinajstić information content (AvgIpc) is 3.12. The highest BCUT2D eigenvalue weighted by Crippen LogP contribution is 2.31. The first kappa shape index (κ1) is 15.8. The summed E-state index contributed by atoms with van der Waals surface area (Å²) in [7, 11) is 0. The fourth-order valence-electron chi connectivity index (χ4n) is 2.63. The Bertz CT molecular complexity index is 770. The quantitative estimate of drug-likeness (QED) is 0.824. The number of rotatable bonds is 4. The van der Waals surface area contributed by atoms with E-state index in [0.717, 1.165) is 29.9 Å². The molecule has 1 atom stereocenters. The van der Waals surface area contributed by atoms with Crippen LogP contribution in [-0.4, -0.2) is 10.9 Å². The van der Waals surface area contributed by atoms with Crippen LogP contribution in [0.25, 0.3) is 11.3 Å². The minimum atomic E-state index is -0.909. The van der Waals surface area contributed by atoms with Crippen LogP contribution in [0.2, 0.25) is 0 Å². The normalized spacial score (nSPS) is 16.7. The number of hydrogen-bond donors (Lipinski definition) is 1. The van der Waals surface area contributed by atoms with Gasteiger partial charge in [-0.1, -0.05) is 12.2 Å². The molecule has 1 N–H and O–H groups in total. The SMILES string of the molecule is Cc1sc(NC(=O)CC2C=CCC2)nc1-c1ccc(F)c(F)c1. The summed E-state index contributed by atoms with van der Waals surface area (Å²) in [5, 5.41) is 3.27. The van der Waals surface area contributed by atoms with Crippen molar-refractivity contribution in [2.75, 3.05) is 5.32 Å². The third kappa shape index (κ3) is 3.64. The van der Waals surface area contributed by atoms with Gasteiger partial charge in [-0.25, -0.2) is 13.8 Å². The van der Waals surface area contributed by atoms with Gasteiger partial charge in [-0.3, -0.25) is 4.79 Å². The summed E-state index contributed by atoms with van der Waals surface area (Å²) < 4.78 is 26.4. The molecule has 0 fully saturated rings. The van der Waals surface area contributed by atoms with Crippen LogP contribution in [0.1, 0.15) is 24.1 Å². The largest absolute Gasteiger partial charge is 0.302 e. The third-order valence-corrected chi connectivity index (χ3v) is 4.68. The summed E-state index contributed by atoms with van der Waals surface area (Å²) in [6.45, 7) is 1.84. The molecule has 3 rings (SSSR count). The maximum absolute atomic E-state index is 13.4. The number of halogens is 2. The first-order valence-electron chi connectivity index (χ1n) is 7.42. The van der Waals surface area contributed by atoms with Gasteiger partial charge in [0.05, 0.1) is 5.69 Å². The molecule has 0 bridgehead atoms. The van der Waals surface area contributed by atoms with Crippen LogP contribution < -0.4 is 5.32 Å². The molecule has 6 heteroatoms. The Hall–Kier alpha value is -2.08. The topological polar surface area (TPSA) is 42.0 Å². The number of thiazole rings is 1. The first-order chi connectivity index (χ1) is 11.0. The molecule has 0 radical (unpaired) electrons. The van der Waals surface area contributed by atoms with Crippen LogP contribution in [0.4, 0.5) is 13.9 Å². The number of nitrogens with zero attached hydrogens (tertiary/aromatic N) is 1. The zero-order valence-corrected chi connectivity index (χ0v) is 13.4. The summed E-state index contributed by atoms with van der Waals surface area (Å²) in [5.41, 5.74) is 1.06. The van der Waals surface area contributed by atoms with Crippen molar-refractivity contribution in [1.29, 1.82) is 0 Å². The van der Waals surface area contributed by atoms with E-state index in [-0.39, 0.29) is 5.91 Å². The number of benzene rings is 1. The number of aromatic nitrogens is 1. The Morgan fingerprint density at radius 2 is 2.22 bits per heavy atom. The molecule has 1 unspecified atom stereocenters. The van der Waals surface area contributed by atoms with Crippen molar-refractivity contribution in [3.05, 3.63) is 46.9 Å². The van der Waals surface area contributed by atoms with Crippen LogP contribution in [-0.2, 0) is 4.79 Å². The minimum Gasteiger partial charge on any atom is -0.302 e. The van der Waals surface area contributed by atoms with Gasteiger partial charge in [-0.2, -0.15) is 0 Å². The van der Waals surface area contributed by atoms with Gasteiger partial charge in [0.1, 0.15) is 0 Å². The van der Waals surface area contributed by atoms with Gasteiger partial charge in [0.15, 0.2) is 16.8 Å². The molecule has 1 aliphatic carbocycles. The molecule has 120 valence electrons. The number of amides is 1. The third-order valence-electron chi connectivity index (χ3n) is 3.80. The van der Waals surface area contributed by atoms with Crippen molar-refractivity contribution in [1.82, 2.24) is 4.98 Å². The Balaban J connectivity index is 1.73. The summed E-state index contributed by atoms with van der Waals surface area (Å²) in [5.74, 6) is -1.58. The van der Waals surface area contributed by atoms with Crippen LogP contribution >= 0.6 is 11.3 Å². The summed E-state index contributed by atoms with van der Waals surface area (Å²) in [6.07, 6.45) is 6.63. The Morgan fingerprint density at radius 1 is 1.39 bits per heavy atom. The first-order valence-corrected chi connectivity index (χ1v) is 8.24. The zero-order valence-electron chi connectivity index (χ0n) is 12.6. The van der Waals surface area contributed by atoms with E-state index in [1.165, 1.54) is 17.4 Å². The van der Waals surface area contributed by atoms with Gasteiger partial charge in [-0.05, 0) is 43.9 Å². The fraction of sp³-hybridized carbons (Fsp3) is 0.294. The Labute approximate surface area is 137 Å². The van der Waals surface area contributed by atoms with Gasteiger partial charge in [0.25, 0.3) is 0 Å². The minimum absolute atomic E-state index is 0.0767. The van der Waals surface area contributed by atoms with Crippen LogP contribution in [0.3, 0.4) is 0 Å². The molecule has 0 saturated carbocycles. The molecule has 1 aromatic carbocycles. The molecule has 2 aromatic rings. The standard InChI is InChI=1S/C17H16F2N2OS/c1-10-16(12-6-7-13(18)14(19)9-12)21-17(23-10)20-15(22)8-11-4-2-3-5-11/h2,4,6-7,9,11H,3,5,8H2,1H3,(H,20,21,22). The molecule has 0 saturated heterocycles. The maximum atomic E-state index is 13.4. The van der Waals surface area contributed by atoms with Gasteiger partial charge >= 0.3 is 0 Å². The molecule has 23 heavy (non-hydrogen) atoms. The molecule has 0 spiro atoms. The van der Waals surface area contributed by atoms with Crippen LogP contribution in [0, 0.1) is 24.5 Å².